The van der Waals surface area contributed by atoms with Crippen LogP contribution in [0.4, 0.5) is 5.82 Å². The molecule has 2 aromatic heterocycles. The molecule has 0 atom stereocenters. The second-order valence-electron chi connectivity index (χ2n) is 6.89. The summed E-state index contributed by atoms with van der Waals surface area (Å²) in [7, 11) is 2.18. The van der Waals surface area contributed by atoms with Crippen molar-refractivity contribution in [2.75, 3.05) is 38.1 Å². The minimum absolute atomic E-state index is 0.500. The number of nitrogens with zero attached hydrogens (tertiary/aromatic N) is 5. The summed E-state index contributed by atoms with van der Waals surface area (Å²) in [5.41, 5.74) is 2.84. The quantitative estimate of drug-likeness (QED) is 0.740. The third kappa shape index (κ3) is 3.68. The van der Waals surface area contributed by atoms with Gasteiger partial charge in [-0.15, -0.1) is 0 Å². The van der Waals surface area contributed by atoms with Crippen LogP contribution in [0, 0.1) is 11.3 Å². The van der Waals surface area contributed by atoms with E-state index in [2.05, 4.69) is 23.0 Å². The second kappa shape index (κ2) is 7.93. The van der Waals surface area contributed by atoms with Gasteiger partial charge in [-0.05, 0) is 24.3 Å². The third-order valence-corrected chi connectivity index (χ3v) is 5.23. The number of pyridine rings is 1. The number of quaternary nitrogens is 1. The van der Waals surface area contributed by atoms with Gasteiger partial charge < -0.3 is 9.80 Å². The predicted molar refractivity (Wildman–Crippen MR) is 109 cm³/mol. The molecule has 1 N–H and O–H groups in total. The highest BCUT2D eigenvalue weighted by Crippen LogP contribution is 2.31. The summed E-state index contributed by atoms with van der Waals surface area (Å²) >= 11 is 6.05. The number of aromatic nitrogens is 3. The highest BCUT2D eigenvalue weighted by atomic mass is 35.5. The molecule has 28 heavy (non-hydrogen) atoms. The lowest BCUT2D eigenvalue weighted by Crippen LogP contribution is -3.12. The fourth-order valence-corrected chi connectivity index (χ4v) is 3.45. The molecule has 3 heterocycles. The van der Waals surface area contributed by atoms with Gasteiger partial charge in [0.15, 0.2) is 11.6 Å². The van der Waals surface area contributed by atoms with Gasteiger partial charge in [0.1, 0.15) is 11.6 Å². The molecule has 1 aliphatic rings. The van der Waals surface area contributed by atoms with Crippen LogP contribution in [0.15, 0.2) is 48.8 Å². The number of nitrogens with one attached hydrogen (secondary N) is 1. The van der Waals surface area contributed by atoms with E-state index >= 15 is 0 Å². The molecule has 140 valence electrons. The molecule has 1 aliphatic heterocycles. The fraction of sp³-hybridized carbons (Fsp3) is 0.238. The maximum Gasteiger partial charge on any atom is 0.162 e. The van der Waals surface area contributed by atoms with Crippen LogP contribution in [0.3, 0.4) is 0 Å². The maximum absolute atomic E-state index is 9.96. The normalized spacial score (nSPS) is 14.7. The van der Waals surface area contributed by atoms with Crippen molar-refractivity contribution in [3.8, 4) is 28.7 Å². The van der Waals surface area contributed by atoms with E-state index in [1.807, 2.05) is 36.4 Å². The van der Waals surface area contributed by atoms with Crippen LogP contribution >= 0.6 is 11.6 Å². The van der Waals surface area contributed by atoms with Crippen molar-refractivity contribution in [2.45, 2.75) is 0 Å². The average Bonchev–Trinajstić information content (AvgIpc) is 2.74. The van der Waals surface area contributed by atoms with Crippen molar-refractivity contribution in [1.82, 2.24) is 15.0 Å². The average molecular weight is 392 g/mol. The third-order valence-electron chi connectivity index (χ3n) is 4.97. The Labute approximate surface area is 169 Å². The van der Waals surface area contributed by atoms with Crippen molar-refractivity contribution >= 4 is 17.4 Å². The lowest BCUT2D eigenvalue weighted by molar-refractivity contribution is -0.880. The summed E-state index contributed by atoms with van der Waals surface area (Å²) < 4.78 is 0. The number of likely N-dealkylation sites (N-methyl/N-ethyl adjacent to an activating group) is 1. The van der Waals surface area contributed by atoms with E-state index in [1.54, 1.807) is 12.4 Å². The van der Waals surface area contributed by atoms with Crippen LogP contribution in [0.25, 0.3) is 22.6 Å². The maximum atomic E-state index is 9.96. The Bertz CT molecular complexity index is 1010. The Morgan fingerprint density at radius 2 is 1.68 bits per heavy atom. The van der Waals surface area contributed by atoms with Crippen LogP contribution in [0.5, 0.6) is 0 Å². The van der Waals surface area contributed by atoms with Crippen LogP contribution in [0.2, 0.25) is 5.02 Å². The number of hydrogen-bond acceptors (Lipinski definition) is 5. The Balaban J connectivity index is 1.90. The molecule has 0 unspecified atom stereocenters. The summed E-state index contributed by atoms with van der Waals surface area (Å²) in [5.74, 6) is 1.29. The first-order chi connectivity index (χ1) is 13.7. The first-order valence-electron chi connectivity index (χ1n) is 9.20. The summed E-state index contributed by atoms with van der Waals surface area (Å²) in [6, 6.07) is 13.5. The summed E-state index contributed by atoms with van der Waals surface area (Å²) in [4.78, 5) is 17.3. The van der Waals surface area contributed by atoms with Crippen molar-refractivity contribution in [2.24, 2.45) is 0 Å². The Morgan fingerprint density at radius 3 is 2.32 bits per heavy atom. The smallest absolute Gasteiger partial charge is 0.162 e. The second-order valence-corrected chi connectivity index (χ2v) is 7.33. The van der Waals surface area contributed by atoms with Gasteiger partial charge in [-0.25, -0.2) is 9.97 Å². The number of nitriles is 1. The van der Waals surface area contributed by atoms with E-state index < -0.39 is 0 Å². The molecule has 0 bridgehead atoms. The van der Waals surface area contributed by atoms with Gasteiger partial charge in [-0.2, -0.15) is 5.26 Å². The number of halogens is 1. The molecule has 0 radical (unpaired) electrons. The lowest BCUT2D eigenvalue weighted by atomic mass is 10.1. The topological polar surface area (TPSA) is 70.1 Å². The van der Waals surface area contributed by atoms with Gasteiger partial charge in [-0.3, -0.25) is 4.98 Å². The van der Waals surface area contributed by atoms with Gasteiger partial charge >= 0.3 is 0 Å². The zero-order valence-electron chi connectivity index (χ0n) is 15.6. The van der Waals surface area contributed by atoms with Gasteiger partial charge in [0.05, 0.1) is 38.9 Å². The molecule has 1 saturated heterocycles. The molecule has 6 nitrogen and oxygen atoms in total. The SMILES string of the molecule is C[NH+]1CCN(c2nc(-c3ccncc3)nc(-c3ccc(Cl)cc3)c2C#N)CC1. The minimum Gasteiger partial charge on any atom is -0.344 e. The van der Waals surface area contributed by atoms with E-state index in [4.69, 9.17) is 21.6 Å². The molecule has 0 aliphatic carbocycles. The van der Waals surface area contributed by atoms with Crippen LogP contribution in [0.1, 0.15) is 5.56 Å². The number of hydrogen-bond donors (Lipinski definition) is 1. The van der Waals surface area contributed by atoms with Gasteiger partial charge in [-0.1, -0.05) is 23.7 Å². The van der Waals surface area contributed by atoms with E-state index in [9.17, 15) is 5.26 Å². The van der Waals surface area contributed by atoms with E-state index in [-0.39, 0.29) is 0 Å². The molecule has 7 heteroatoms. The largest absolute Gasteiger partial charge is 0.344 e. The number of benzene rings is 1. The molecular weight excluding hydrogens is 372 g/mol. The van der Waals surface area contributed by atoms with Crippen molar-refractivity contribution in [3.63, 3.8) is 0 Å². The Kier molecular flexibility index (Phi) is 5.20. The number of piperazine rings is 1. The standard InChI is InChI=1S/C21H19ClN6/c1-27-10-12-28(13-11-27)21-18(14-23)19(15-2-4-17(22)5-3-15)25-20(26-21)16-6-8-24-9-7-16/h2-9H,10-13H2,1H3/p+1. The van der Waals surface area contributed by atoms with Crippen LogP contribution < -0.4 is 9.80 Å². The molecule has 0 amide bonds. The first-order valence-corrected chi connectivity index (χ1v) is 9.58. The number of anilines is 1. The van der Waals surface area contributed by atoms with Crippen molar-refractivity contribution in [1.29, 1.82) is 5.26 Å². The van der Waals surface area contributed by atoms with Crippen LogP contribution in [-0.4, -0.2) is 48.2 Å². The first kappa shape index (κ1) is 18.4. The van der Waals surface area contributed by atoms with E-state index in [0.717, 1.165) is 37.3 Å². The van der Waals surface area contributed by atoms with E-state index in [1.165, 1.54) is 4.90 Å². The molecule has 4 rings (SSSR count). The molecule has 0 saturated carbocycles. The molecule has 1 aromatic carbocycles. The molecular formula is C21H20ClN6+. The molecule has 3 aromatic rings. The van der Waals surface area contributed by atoms with Crippen molar-refractivity contribution in [3.05, 3.63) is 59.4 Å². The van der Waals surface area contributed by atoms with Gasteiger partial charge in [0, 0.05) is 28.5 Å². The summed E-state index contributed by atoms with van der Waals surface area (Å²) in [6.07, 6.45) is 3.44. The van der Waals surface area contributed by atoms with Gasteiger partial charge in [0.2, 0.25) is 0 Å². The number of rotatable bonds is 3. The lowest BCUT2D eigenvalue weighted by Gasteiger charge is -2.31. The van der Waals surface area contributed by atoms with Crippen molar-refractivity contribution < 1.29 is 4.90 Å². The summed E-state index contributed by atoms with van der Waals surface area (Å²) in [6.45, 7) is 3.73. The molecule has 1 fully saturated rings. The zero-order valence-corrected chi connectivity index (χ0v) is 16.3. The van der Waals surface area contributed by atoms with Gasteiger partial charge in [0.25, 0.3) is 0 Å². The minimum atomic E-state index is 0.500. The predicted octanol–water partition coefficient (Wildman–Crippen LogP) is 2.07. The fourth-order valence-electron chi connectivity index (χ4n) is 3.33. The molecule has 0 spiro atoms. The highest BCUT2D eigenvalue weighted by Gasteiger charge is 2.25. The van der Waals surface area contributed by atoms with Crippen LogP contribution in [-0.2, 0) is 0 Å². The van der Waals surface area contributed by atoms with E-state index in [0.29, 0.717) is 27.9 Å². The zero-order chi connectivity index (χ0) is 19.5. The highest BCUT2D eigenvalue weighted by molar-refractivity contribution is 6.30. The monoisotopic (exact) mass is 391 g/mol. The Morgan fingerprint density at radius 1 is 1.00 bits per heavy atom. The Hall–Kier alpha value is -3.01. The summed E-state index contributed by atoms with van der Waals surface area (Å²) in [5, 5.41) is 10.6.